The number of rotatable bonds is 6. The van der Waals surface area contributed by atoms with Crippen molar-refractivity contribution >= 4 is 0 Å². The van der Waals surface area contributed by atoms with Crippen LogP contribution in [0.15, 0.2) is 0 Å². The molecule has 1 rings (SSSR count). The molecule has 0 aromatic heterocycles. The van der Waals surface area contributed by atoms with Gasteiger partial charge < -0.3 is 10.2 Å². The molecule has 0 heterocycles. The van der Waals surface area contributed by atoms with E-state index in [-0.39, 0.29) is 0 Å². The maximum atomic E-state index is 10.3. The summed E-state index contributed by atoms with van der Waals surface area (Å²) in [5.74, 6) is 0. The summed E-state index contributed by atoms with van der Waals surface area (Å²) in [7, 11) is 0. The van der Waals surface area contributed by atoms with Crippen LogP contribution < -0.4 is 0 Å². The van der Waals surface area contributed by atoms with E-state index in [1.807, 2.05) is 6.92 Å². The van der Waals surface area contributed by atoms with Gasteiger partial charge in [-0.3, -0.25) is 0 Å². The maximum Gasteiger partial charge on any atom is 0.0647 e. The van der Waals surface area contributed by atoms with Gasteiger partial charge in [-0.05, 0) is 45.4 Å². The smallest absolute Gasteiger partial charge is 0.0647 e. The van der Waals surface area contributed by atoms with E-state index >= 15 is 0 Å². The van der Waals surface area contributed by atoms with E-state index in [0.29, 0.717) is 0 Å². The van der Waals surface area contributed by atoms with Crippen LogP contribution in [0.1, 0.15) is 78.1 Å². The molecule has 2 heteroatoms. The fourth-order valence-electron chi connectivity index (χ4n) is 2.92. The van der Waals surface area contributed by atoms with Crippen molar-refractivity contribution in [2.24, 2.45) is 0 Å². The monoisotopic (exact) mass is 228 g/mol. The number of aliphatic hydroxyl groups is 2. The third-order valence-corrected chi connectivity index (χ3v) is 3.93. The van der Waals surface area contributed by atoms with E-state index in [1.165, 1.54) is 19.3 Å². The molecule has 0 bridgehead atoms. The van der Waals surface area contributed by atoms with Gasteiger partial charge in [-0.15, -0.1) is 0 Å². The lowest BCUT2D eigenvalue weighted by molar-refractivity contribution is -0.0164. The van der Waals surface area contributed by atoms with Gasteiger partial charge in [0.2, 0.25) is 0 Å². The number of hydrogen-bond acceptors (Lipinski definition) is 2. The van der Waals surface area contributed by atoms with Crippen LogP contribution in [0, 0.1) is 0 Å². The lowest BCUT2D eigenvalue weighted by Crippen LogP contribution is -2.32. The van der Waals surface area contributed by atoms with Crippen molar-refractivity contribution in [2.45, 2.75) is 89.3 Å². The lowest BCUT2D eigenvalue weighted by Gasteiger charge is -2.33. The average molecular weight is 228 g/mol. The van der Waals surface area contributed by atoms with Crippen molar-refractivity contribution in [1.29, 1.82) is 0 Å². The third kappa shape index (κ3) is 4.84. The summed E-state index contributed by atoms with van der Waals surface area (Å²) in [4.78, 5) is 0. The summed E-state index contributed by atoms with van der Waals surface area (Å²) in [6.07, 6.45) is 10.1. The molecule has 0 spiro atoms. The minimum atomic E-state index is -0.528. The van der Waals surface area contributed by atoms with E-state index in [4.69, 9.17) is 0 Å². The van der Waals surface area contributed by atoms with Crippen LogP contribution in [-0.2, 0) is 0 Å². The second-order valence-corrected chi connectivity index (χ2v) is 5.89. The van der Waals surface area contributed by atoms with E-state index < -0.39 is 11.2 Å². The molecule has 2 nitrogen and oxygen atoms in total. The second kappa shape index (κ2) is 6.02. The van der Waals surface area contributed by atoms with Crippen LogP contribution in [0.4, 0.5) is 0 Å². The molecule has 1 aliphatic carbocycles. The van der Waals surface area contributed by atoms with Gasteiger partial charge in [0, 0.05) is 0 Å². The average Bonchev–Trinajstić information content (AvgIpc) is 2.17. The van der Waals surface area contributed by atoms with Crippen molar-refractivity contribution in [3.05, 3.63) is 0 Å². The zero-order valence-corrected chi connectivity index (χ0v) is 11.0. The van der Waals surface area contributed by atoms with Crippen molar-refractivity contribution in [3.8, 4) is 0 Å². The quantitative estimate of drug-likeness (QED) is 0.731. The molecule has 0 saturated heterocycles. The molecule has 0 radical (unpaired) electrons. The van der Waals surface area contributed by atoms with E-state index in [9.17, 15) is 10.2 Å². The van der Waals surface area contributed by atoms with Gasteiger partial charge >= 0.3 is 0 Å². The van der Waals surface area contributed by atoms with Gasteiger partial charge in [-0.2, -0.15) is 0 Å². The highest BCUT2D eigenvalue weighted by Crippen LogP contribution is 2.33. The minimum Gasteiger partial charge on any atom is -0.390 e. The zero-order chi connectivity index (χ0) is 12.1. The fraction of sp³-hybridized carbons (Fsp3) is 1.00. The Morgan fingerprint density at radius 1 is 1.12 bits per heavy atom. The zero-order valence-electron chi connectivity index (χ0n) is 11.0. The van der Waals surface area contributed by atoms with Crippen LogP contribution in [-0.4, -0.2) is 21.4 Å². The first-order valence-electron chi connectivity index (χ1n) is 6.92. The van der Waals surface area contributed by atoms with Crippen LogP contribution in [0.3, 0.4) is 0 Å². The highest BCUT2D eigenvalue weighted by Gasteiger charge is 2.29. The van der Waals surface area contributed by atoms with E-state index in [1.54, 1.807) is 0 Å². The molecule has 0 amide bonds. The topological polar surface area (TPSA) is 40.5 Å². The first kappa shape index (κ1) is 14.0. The van der Waals surface area contributed by atoms with Gasteiger partial charge in [0.15, 0.2) is 0 Å². The molecule has 1 saturated carbocycles. The van der Waals surface area contributed by atoms with E-state index in [2.05, 4.69) is 6.92 Å². The first-order valence-corrected chi connectivity index (χ1v) is 6.92. The molecule has 1 atom stereocenters. The molecular formula is C14H28O2. The molecule has 0 aliphatic heterocycles. The second-order valence-electron chi connectivity index (χ2n) is 5.89. The van der Waals surface area contributed by atoms with Gasteiger partial charge in [-0.25, -0.2) is 0 Å². The molecule has 96 valence electrons. The fourth-order valence-corrected chi connectivity index (χ4v) is 2.92. The van der Waals surface area contributed by atoms with Crippen molar-refractivity contribution in [1.82, 2.24) is 0 Å². The lowest BCUT2D eigenvalue weighted by atomic mass is 9.80. The van der Waals surface area contributed by atoms with Gasteiger partial charge in [-0.1, -0.05) is 32.6 Å². The Morgan fingerprint density at radius 3 is 2.31 bits per heavy atom. The van der Waals surface area contributed by atoms with Crippen LogP contribution in [0.25, 0.3) is 0 Å². The molecule has 1 unspecified atom stereocenters. The summed E-state index contributed by atoms with van der Waals surface area (Å²) in [6, 6.07) is 0. The van der Waals surface area contributed by atoms with Gasteiger partial charge in [0.05, 0.1) is 11.2 Å². The molecule has 1 fully saturated rings. The Bertz CT molecular complexity index is 193. The summed E-state index contributed by atoms with van der Waals surface area (Å²) in [5.41, 5.74) is -0.944. The third-order valence-electron chi connectivity index (χ3n) is 3.93. The van der Waals surface area contributed by atoms with Crippen LogP contribution in [0.2, 0.25) is 0 Å². The maximum absolute atomic E-state index is 10.3. The van der Waals surface area contributed by atoms with Gasteiger partial charge in [0.1, 0.15) is 0 Å². The molecule has 0 aromatic rings. The Morgan fingerprint density at radius 2 is 1.75 bits per heavy atom. The summed E-state index contributed by atoms with van der Waals surface area (Å²) >= 11 is 0. The summed E-state index contributed by atoms with van der Waals surface area (Å²) in [5, 5.41) is 20.4. The van der Waals surface area contributed by atoms with Crippen molar-refractivity contribution in [3.63, 3.8) is 0 Å². The highest BCUT2D eigenvalue weighted by molar-refractivity contribution is 4.83. The van der Waals surface area contributed by atoms with Crippen LogP contribution in [0.5, 0.6) is 0 Å². The first-order chi connectivity index (χ1) is 7.47. The predicted molar refractivity (Wildman–Crippen MR) is 67.4 cm³/mol. The minimum absolute atomic E-state index is 0.416. The predicted octanol–water partition coefficient (Wildman–Crippen LogP) is 3.40. The van der Waals surface area contributed by atoms with Crippen LogP contribution >= 0.6 is 0 Å². The normalized spacial score (nSPS) is 24.0. The molecule has 0 aromatic carbocycles. The largest absolute Gasteiger partial charge is 0.390 e. The van der Waals surface area contributed by atoms with Crippen molar-refractivity contribution < 1.29 is 10.2 Å². The Balaban J connectivity index is 2.23. The number of hydrogen-bond donors (Lipinski definition) is 2. The Kier molecular flexibility index (Phi) is 5.26. The summed E-state index contributed by atoms with van der Waals surface area (Å²) in [6.45, 7) is 4.02. The van der Waals surface area contributed by atoms with E-state index in [0.717, 1.165) is 44.9 Å². The molecule has 2 N–H and O–H groups in total. The highest BCUT2D eigenvalue weighted by atomic mass is 16.3. The summed E-state index contributed by atoms with van der Waals surface area (Å²) < 4.78 is 0. The Hall–Kier alpha value is -0.0800. The van der Waals surface area contributed by atoms with Crippen molar-refractivity contribution in [2.75, 3.05) is 0 Å². The standard InChI is InChI=1S/C14H28O2/c1-3-8-13(2,15)9-7-12-14(16)10-5-4-6-11-14/h15-16H,3-12H2,1-2H3. The molecular weight excluding hydrogens is 200 g/mol. The SMILES string of the molecule is CCCC(C)(O)CCCC1(O)CCCCC1. The van der Waals surface area contributed by atoms with Gasteiger partial charge in [0.25, 0.3) is 0 Å². The molecule has 16 heavy (non-hydrogen) atoms. The Labute approximate surface area is 100 Å². The molecule has 1 aliphatic rings.